The molecular weight excluding hydrogens is 389 g/mol. The number of nitrogens with one attached hydrogen (secondary N) is 2. The lowest BCUT2D eigenvalue weighted by Crippen LogP contribution is -2.49. The second-order valence-electron chi connectivity index (χ2n) is 5.74. The van der Waals surface area contributed by atoms with E-state index in [1.165, 1.54) is 5.32 Å². The van der Waals surface area contributed by atoms with E-state index >= 15 is 4.39 Å². The number of benzene rings is 1. The van der Waals surface area contributed by atoms with Crippen molar-refractivity contribution in [3.8, 4) is 0 Å². The summed E-state index contributed by atoms with van der Waals surface area (Å²) in [5, 5.41) is 3.24. The SMILES string of the molecule is Cc1c(C(F)(NC(=O)Nc2cnc(N)nc2)C(F)F)oc2c(F)cc(F)cc12. The maximum absolute atomic E-state index is 15.1. The van der Waals surface area contributed by atoms with Crippen molar-refractivity contribution in [1.82, 2.24) is 15.3 Å². The van der Waals surface area contributed by atoms with Gasteiger partial charge in [0.05, 0.1) is 18.1 Å². The third-order valence-electron chi connectivity index (χ3n) is 3.81. The molecule has 3 aromatic rings. The van der Waals surface area contributed by atoms with Crippen molar-refractivity contribution in [2.45, 2.75) is 19.1 Å². The van der Waals surface area contributed by atoms with E-state index in [2.05, 4.69) is 9.97 Å². The van der Waals surface area contributed by atoms with E-state index in [1.54, 1.807) is 0 Å². The summed E-state index contributed by atoms with van der Waals surface area (Å²) in [4.78, 5) is 19.1. The fourth-order valence-electron chi connectivity index (χ4n) is 2.53. The van der Waals surface area contributed by atoms with Gasteiger partial charge in [-0.15, -0.1) is 0 Å². The maximum Gasteiger partial charge on any atom is 0.322 e. The molecule has 0 saturated carbocycles. The van der Waals surface area contributed by atoms with Crippen molar-refractivity contribution in [2.24, 2.45) is 0 Å². The molecule has 7 nitrogen and oxygen atoms in total. The van der Waals surface area contributed by atoms with Crippen LogP contribution in [0.25, 0.3) is 11.0 Å². The predicted molar refractivity (Wildman–Crippen MR) is 88.3 cm³/mol. The first-order valence-corrected chi connectivity index (χ1v) is 7.64. The molecule has 0 fully saturated rings. The highest BCUT2D eigenvalue weighted by Gasteiger charge is 2.49. The smallest absolute Gasteiger partial charge is 0.322 e. The third-order valence-corrected chi connectivity index (χ3v) is 3.81. The standard InChI is InChI=1S/C16H12F5N5O2/c1-6-9-2-7(17)3-10(18)11(9)28-12(6)16(21,13(19)20)26-15(27)25-8-4-23-14(22)24-5-8/h2-5,13H,1H3,(H2,22,23,24)(H2,25,26,27). The predicted octanol–water partition coefficient (Wildman–Crippen LogP) is 3.60. The topological polar surface area (TPSA) is 106 Å². The van der Waals surface area contributed by atoms with Gasteiger partial charge in [-0.25, -0.2) is 36.7 Å². The van der Waals surface area contributed by atoms with Gasteiger partial charge in [-0.3, -0.25) is 5.32 Å². The highest BCUT2D eigenvalue weighted by atomic mass is 19.3. The number of aromatic nitrogens is 2. The van der Waals surface area contributed by atoms with Crippen LogP contribution in [-0.4, -0.2) is 22.4 Å². The number of nitrogens with two attached hydrogens (primary N) is 1. The molecular formula is C16H12F5N5O2. The molecule has 2 aromatic heterocycles. The van der Waals surface area contributed by atoms with Crippen LogP contribution in [-0.2, 0) is 5.79 Å². The summed E-state index contributed by atoms with van der Waals surface area (Å²) in [6.45, 7) is 1.13. The van der Waals surface area contributed by atoms with E-state index < -0.39 is 41.2 Å². The first kappa shape index (κ1) is 19.3. The Balaban J connectivity index is 1.97. The molecule has 1 atom stereocenters. The Kier molecular flexibility index (Phi) is 4.79. The average Bonchev–Trinajstić information content (AvgIpc) is 2.94. The van der Waals surface area contributed by atoms with Gasteiger partial charge in [-0.1, -0.05) is 0 Å². The molecule has 12 heteroatoms. The fraction of sp³-hybridized carbons (Fsp3) is 0.188. The Morgan fingerprint density at radius 2 is 1.89 bits per heavy atom. The highest BCUT2D eigenvalue weighted by Crippen LogP contribution is 2.39. The van der Waals surface area contributed by atoms with Crippen LogP contribution in [0.4, 0.5) is 38.4 Å². The number of hydrogen-bond donors (Lipinski definition) is 3. The Hall–Kier alpha value is -3.44. The molecule has 2 heterocycles. The number of furan rings is 1. The molecule has 4 N–H and O–H groups in total. The molecule has 0 spiro atoms. The summed E-state index contributed by atoms with van der Waals surface area (Å²) >= 11 is 0. The lowest BCUT2D eigenvalue weighted by Gasteiger charge is -2.24. The summed E-state index contributed by atoms with van der Waals surface area (Å²) in [5.74, 6) is -7.21. The van der Waals surface area contributed by atoms with Crippen molar-refractivity contribution in [3.05, 3.63) is 47.5 Å². The number of urea groups is 1. The quantitative estimate of drug-likeness (QED) is 0.458. The van der Waals surface area contributed by atoms with E-state index in [-0.39, 0.29) is 22.6 Å². The number of carbonyl (C=O) groups is 1. The fourth-order valence-corrected chi connectivity index (χ4v) is 2.53. The first-order valence-electron chi connectivity index (χ1n) is 7.64. The van der Waals surface area contributed by atoms with Gasteiger partial charge < -0.3 is 15.5 Å². The van der Waals surface area contributed by atoms with E-state index in [1.807, 2.05) is 5.32 Å². The Morgan fingerprint density at radius 1 is 1.25 bits per heavy atom. The number of nitrogens with zero attached hydrogens (tertiary/aromatic N) is 2. The van der Waals surface area contributed by atoms with Gasteiger partial charge in [-0.05, 0) is 13.0 Å². The summed E-state index contributed by atoms with van der Waals surface area (Å²) < 4.78 is 74.3. The number of nitrogen functional groups attached to an aromatic ring is 1. The Bertz CT molecular complexity index is 1040. The van der Waals surface area contributed by atoms with Crippen LogP contribution in [0.5, 0.6) is 0 Å². The number of hydrogen-bond acceptors (Lipinski definition) is 5. The zero-order valence-electron chi connectivity index (χ0n) is 14.1. The van der Waals surface area contributed by atoms with Crippen LogP contribution in [0.3, 0.4) is 0 Å². The molecule has 0 bridgehead atoms. The van der Waals surface area contributed by atoms with Gasteiger partial charge in [0, 0.05) is 17.0 Å². The second kappa shape index (κ2) is 6.94. The normalized spacial score (nSPS) is 13.5. The minimum absolute atomic E-state index is 0.0576. The van der Waals surface area contributed by atoms with Crippen LogP contribution in [0.2, 0.25) is 0 Å². The molecule has 0 aliphatic carbocycles. The van der Waals surface area contributed by atoms with Gasteiger partial charge >= 0.3 is 11.8 Å². The molecule has 28 heavy (non-hydrogen) atoms. The molecule has 148 valence electrons. The number of aryl methyl sites for hydroxylation is 1. The molecule has 2 amide bonds. The molecule has 0 radical (unpaired) electrons. The van der Waals surface area contributed by atoms with Gasteiger partial charge in [0.15, 0.2) is 17.2 Å². The number of halogens is 5. The maximum atomic E-state index is 15.1. The van der Waals surface area contributed by atoms with E-state index in [4.69, 9.17) is 10.2 Å². The minimum atomic E-state index is -3.83. The van der Waals surface area contributed by atoms with Gasteiger partial charge in [0.25, 0.3) is 6.43 Å². The second-order valence-corrected chi connectivity index (χ2v) is 5.74. The van der Waals surface area contributed by atoms with Crippen LogP contribution < -0.4 is 16.4 Å². The summed E-state index contributed by atoms with van der Waals surface area (Å²) in [7, 11) is 0. The minimum Gasteiger partial charge on any atom is -0.452 e. The molecule has 0 aliphatic heterocycles. The molecule has 1 unspecified atom stereocenters. The third kappa shape index (κ3) is 3.40. The number of fused-ring (bicyclic) bond motifs is 1. The summed E-state index contributed by atoms with van der Waals surface area (Å²) in [6, 6.07) is -0.125. The van der Waals surface area contributed by atoms with Gasteiger partial charge in [0.1, 0.15) is 5.82 Å². The number of rotatable bonds is 4. The molecule has 0 saturated heterocycles. The van der Waals surface area contributed by atoms with Gasteiger partial charge in [0.2, 0.25) is 5.95 Å². The van der Waals surface area contributed by atoms with Crippen molar-refractivity contribution in [3.63, 3.8) is 0 Å². The van der Waals surface area contributed by atoms with Crippen LogP contribution in [0.1, 0.15) is 11.3 Å². The first-order chi connectivity index (χ1) is 13.1. The van der Waals surface area contributed by atoms with Crippen LogP contribution >= 0.6 is 0 Å². The van der Waals surface area contributed by atoms with Crippen LogP contribution in [0.15, 0.2) is 28.9 Å². The average molecular weight is 401 g/mol. The zero-order chi connectivity index (χ0) is 20.6. The Morgan fingerprint density at radius 3 is 2.50 bits per heavy atom. The van der Waals surface area contributed by atoms with E-state index in [0.29, 0.717) is 6.07 Å². The van der Waals surface area contributed by atoms with E-state index in [0.717, 1.165) is 25.4 Å². The largest absolute Gasteiger partial charge is 0.452 e. The lowest BCUT2D eigenvalue weighted by atomic mass is 10.1. The zero-order valence-corrected chi connectivity index (χ0v) is 14.1. The van der Waals surface area contributed by atoms with Crippen LogP contribution in [0, 0.1) is 18.6 Å². The van der Waals surface area contributed by atoms with Crippen molar-refractivity contribution >= 4 is 28.6 Å². The molecule has 1 aromatic carbocycles. The molecule has 3 rings (SSSR count). The van der Waals surface area contributed by atoms with Crippen molar-refractivity contribution in [2.75, 3.05) is 11.1 Å². The van der Waals surface area contributed by atoms with E-state index in [9.17, 15) is 22.4 Å². The lowest BCUT2D eigenvalue weighted by molar-refractivity contribution is -0.0664. The number of carbonyl (C=O) groups excluding carboxylic acids is 1. The summed E-state index contributed by atoms with van der Waals surface area (Å²) in [5.41, 5.74) is 4.30. The van der Waals surface area contributed by atoms with Crippen molar-refractivity contribution in [1.29, 1.82) is 0 Å². The monoisotopic (exact) mass is 401 g/mol. The highest BCUT2D eigenvalue weighted by molar-refractivity contribution is 5.90. The Labute approximate surface area is 153 Å². The number of alkyl halides is 3. The van der Waals surface area contributed by atoms with Gasteiger partial charge in [-0.2, -0.15) is 0 Å². The number of anilines is 2. The number of amides is 2. The molecule has 0 aliphatic rings. The van der Waals surface area contributed by atoms with Crippen molar-refractivity contribution < 1.29 is 31.2 Å². The summed E-state index contributed by atoms with van der Waals surface area (Å²) in [6.07, 6.45) is -1.67.